The molecule has 0 aliphatic heterocycles. The molecule has 2 aromatic heterocycles. The minimum atomic E-state index is -0.375. The van der Waals surface area contributed by atoms with Crippen molar-refractivity contribution >= 4 is 44.9 Å². The van der Waals surface area contributed by atoms with Gasteiger partial charge in [0.2, 0.25) is 5.91 Å². The average Bonchev–Trinajstić information content (AvgIpc) is 3.00. The van der Waals surface area contributed by atoms with Gasteiger partial charge in [0.25, 0.3) is 11.1 Å². The van der Waals surface area contributed by atoms with Crippen molar-refractivity contribution in [2.45, 2.75) is 24.1 Å². The summed E-state index contributed by atoms with van der Waals surface area (Å²) >= 11 is 2.67. The number of thioether (sulfide) groups is 1. The van der Waals surface area contributed by atoms with Crippen LogP contribution in [0.3, 0.4) is 0 Å². The van der Waals surface area contributed by atoms with Crippen molar-refractivity contribution in [3.05, 3.63) is 50.7 Å². The van der Waals surface area contributed by atoms with Gasteiger partial charge in [-0.3, -0.25) is 19.5 Å². The van der Waals surface area contributed by atoms with Crippen molar-refractivity contribution in [2.75, 3.05) is 11.1 Å². The van der Waals surface area contributed by atoms with Crippen LogP contribution in [0.4, 0.5) is 5.13 Å². The van der Waals surface area contributed by atoms with Gasteiger partial charge in [-0.25, -0.2) is 9.67 Å². The second-order valence-corrected chi connectivity index (χ2v) is 7.82. The minimum Gasteiger partial charge on any atom is -0.302 e. The maximum Gasteiger partial charge on any atom is 0.273 e. The van der Waals surface area contributed by atoms with E-state index in [1.165, 1.54) is 23.1 Å². The van der Waals surface area contributed by atoms with Gasteiger partial charge in [-0.15, -0.1) is 0 Å². The Labute approximate surface area is 161 Å². The third-order valence-electron chi connectivity index (χ3n) is 3.71. The molecule has 27 heavy (non-hydrogen) atoms. The number of nitrogens with zero attached hydrogens (tertiary/aromatic N) is 3. The van der Waals surface area contributed by atoms with Crippen LogP contribution in [0.5, 0.6) is 0 Å². The molecular formula is C17H15N5O3S2. The van der Waals surface area contributed by atoms with E-state index in [-0.39, 0.29) is 30.0 Å². The first-order valence-electron chi connectivity index (χ1n) is 7.98. The monoisotopic (exact) mass is 401 g/mol. The summed E-state index contributed by atoms with van der Waals surface area (Å²) in [5, 5.41) is 14.9. The number of thiazole rings is 1. The number of anilines is 1. The van der Waals surface area contributed by atoms with Gasteiger partial charge in [0.1, 0.15) is 0 Å². The van der Waals surface area contributed by atoms with Gasteiger partial charge in [0, 0.05) is 6.42 Å². The first-order valence-corrected chi connectivity index (χ1v) is 9.78. The van der Waals surface area contributed by atoms with E-state index in [0.717, 1.165) is 14.6 Å². The molecule has 0 saturated carbocycles. The van der Waals surface area contributed by atoms with Gasteiger partial charge in [-0.05, 0) is 19.1 Å². The first kappa shape index (κ1) is 18.9. The smallest absolute Gasteiger partial charge is 0.273 e. The van der Waals surface area contributed by atoms with Crippen molar-refractivity contribution in [3.8, 4) is 6.07 Å². The summed E-state index contributed by atoms with van der Waals surface area (Å²) < 4.78 is 2.02. The topological polar surface area (TPSA) is 121 Å². The number of benzene rings is 1. The lowest BCUT2D eigenvalue weighted by atomic mass is 10.2. The summed E-state index contributed by atoms with van der Waals surface area (Å²) in [5.74, 6) is -0.00391. The Balaban J connectivity index is 1.69. The molecule has 8 nitrogen and oxygen atoms in total. The van der Waals surface area contributed by atoms with Gasteiger partial charge in [0.05, 0.1) is 39.0 Å². The molecule has 0 fully saturated rings. The van der Waals surface area contributed by atoms with Crippen LogP contribution in [0.2, 0.25) is 0 Å². The fourth-order valence-corrected chi connectivity index (χ4v) is 4.28. The number of amides is 1. The normalized spacial score (nSPS) is 10.7. The standard InChI is InChI=1S/C17H15N5O3S2/c1-10-16(26-9-7-18)27-17(19-10)20-13(23)6-8-22-15(25)12-5-3-2-4-11(12)14(24)21-22/h2-5H,6,8-9H2,1H3,(H,21,24)(H,19,20,23). The Hall–Kier alpha value is -2.90. The van der Waals surface area contributed by atoms with E-state index < -0.39 is 0 Å². The van der Waals surface area contributed by atoms with E-state index >= 15 is 0 Å². The zero-order valence-electron chi connectivity index (χ0n) is 14.3. The van der Waals surface area contributed by atoms with Gasteiger partial charge in [-0.1, -0.05) is 35.2 Å². The summed E-state index contributed by atoms with van der Waals surface area (Å²) in [6.07, 6.45) is 0.00743. The van der Waals surface area contributed by atoms with Crippen LogP contribution < -0.4 is 16.4 Å². The highest BCUT2D eigenvalue weighted by Crippen LogP contribution is 2.31. The molecule has 0 saturated heterocycles. The number of aromatic nitrogens is 3. The maximum absolute atomic E-state index is 12.4. The molecule has 0 aliphatic rings. The minimum absolute atomic E-state index is 0.00743. The van der Waals surface area contributed by atoms with E-state index in [1.54, 1.807) is 24.3 Å². The van der Waals surface area contributed by atoms with E-state index in [1.807, 2.05) is 13.0 Å². The predicted molar refractivity (Wildman–Crippen MR) is 105 cm³/mol. The second-order valence-electron chi connectivity index (χ2n) is 5.58. The lowest BCUT2D eigenvalue weighted by molar-refractivity contribution is -0.116. The Bertz CT molecular complexity index is 1160. The largest absolute Gasteiger partial charge is 0.302 e. The maximum atomic E-state index is 12.4. The van der Waals surface area contributed by atoms with Crippen LogP contribution in [0, 0.1) is 18.3 Å². The fourth-order valence-electron chi connectivity index (χ4n) is 2.47. The van der Waals surface area contributed by atoms with Gasteiger partial charge in [-0.2, -0.15) is 5.26 Å². The zero-order chi connectivity index (χ0) is 19.4. The van der Waals surface area contributed by atoms with Gasteiger partial charge < -0.3 is 5.32 Å². The number of carbonyl (C=O) groups excluding carboxylic acids is 1. The number of carbonyl (C=O) groups is 1. The molecule has 0 atom stereocenters. The third-order valence-corrected chi connectivity index (χ3v) is 6.02. The van der Waals surface area contributed by atoms with E-state index in [4.69, 9.17) is 5.26 Å². The van der Waals surface area contributed by atoms with Crippen LogP contribution in [-0.4, -0.2) is 26.4 Å². The quantitative estimate of drug-likeness (QED) is 0.610. The number of hydrogen-bond donors (Lipinski definition) is 2. The molecule has 1 amide bonds. The summed E-state index contributed by atoms with van der Waals surface area (Å²) in [4.78, 5) is 40.9. The Morgan fingerprint density at radius 2 is 2.11 bits per heavy atom. The lowest BCUT2D eigenvalue weighted by Crippen LogP contribution is -2.31. The van der Waals surface area contributed by atoms with E-state index in [0.29, 0.717) is 21.7 Å². The molecule has 0 bridgehead atoms. The van der Waals surface area contributed by atoms with Gasteiger partial charge >= 0.3 is 0 Å². The highest BCUT2D eigenvalue weighted by atomic mass is 32.2. The highest BCUT2D eigenvalue weighted by Gasteiger charge is 2.12. The number of aryl methyl sites for hydroxylation is 2. The average molecular weight is 401 g/mol. The van der Waals surface area contributed by atoms with Gasteiger partial charge in [0.15, 0.2) is 5.13 Å². The molecule has 2 heterocycles. The van der Waals surface area contributed by atoms with Crippen LogP contribution in [0.15, 0.2) is 38.1 Å². The molecule has 2 N–H and O–H groups in total. The molecule has 0 aliphatic carbocycles. The first-order chi connectivity index (χ1) is 13.0. The van der Waals surface area contributed by atoms with Crippen molar-refractivity contribution in [3.63, 3.8) is 0 Å². The van der Waals surface area contributed by atoms with Crippen molar-refractivity contribution in [2.24, 2.45) is 0 Å². The number of aromatic amines is 1. The number of rotatable bonds is 6. The summed E-state index contributed by atoms with van der Waals surface area (Å²) in [7, 11) is 0. The number of H-pyrrole nitrogens is 1. The van der Waals surface area contributed by atoms with Crippen LogP contribution >= 0.6 is 23.1 Å². The SMILES string of the molecule is Cc1nc(NC(=O)CCn2[nH]c(=O)c3ccccc3c2=O)sc1SCC#N. The molecule has 10 heteroatoms. The molecule has 138 valence electrons. The van der Waals surface area contributed by atoms with Crippen LogP contribution in [0.1, 0.15) is 12.1 Å². The summed E-state index contributed by atoms with van der Waals surface area (Å²) in [5.41, 5.74) is 0.0317. The number of nitrogens with one attached hydrogen (secondary N) is 2. The fraction of sp³-hybridized carbons (Fsp3) is 0.235. The number of nitriles is 1. The lowest BCUT2D eigenvalue weighted by Gasteiger charge is -2.07. The van der Waals surface area contributed by atoms with E-state index in [9.17, 15) is 14.4 Å². The Kier molecular flexibility index (Phi) is 5.73. The van der Waals surface area contributed by atoms with Crippen molar-refractivity contribution in [1.82, 2.24) is 14.8 Å². The third kappa shape index (κ3) is 4.27. The summed E-state index contributed by atoms with van der Waals surface area (Å²) in [6.45, 7) is 1.86. The van der Waals surface area contributed by atoms with Crippen LogP contribution in [0.25, 0.3) is 10.8 Å². The molecule has 0 radical (unpaired) electrons. The molecule has 3 rings (SSSR count). The van der Waals surface area contributed by atoms with Crippen molar-refractivity contribution in [1.29, 1.82) is 5.26 Å². The molecule has 1 aromatic carbocycles. The number of hydrogen-bond acceptors (Lipinski definition) is 7. The molecule has 0 unspecified atom stereocenters. The number of fused-ring (bicyclic) bond motifs is 1. The summed E-state index contributed by atoms with van der Waals surface area (Å²) in [6, 6.07) is 8.59. The molecular weight excluding hydrogens is 386 g/mol. The molecule has 0 spiro atoms. The van der Waals surface area contributed by atoms with Crippen molar-refractivity contribution < 1.29 is 4.79 Å². The van der Waals surface area contributed by atoms with E-state index in [2.05, 4.69) is 15.4 Å². The zero-order valence-corrected chi connectivity index (χ0v) is 15.9. The highest BCUT2D eigenvalue weighted by molar-refractivity contribution is 8.01. The van der Waals surface area contributed by atoms with Crippen LogP contribution in [-0.2, 0) is 11.3 Å². The second kappa shape index (κ2) is 8.20. The Morgan fingerprint density at radius 3 is 2.85 bits per heavy atom. The molecule has 3 aromatic rings. The Morgan fingerprint density at radius 1 is 1.37 bits per heavy atom. The predicted octanol–water partition coefficient (Wildman–Crippen LogP) is 2.10.